The monoisotopic (exact) mass is 646 g/mol. The predicted molar refractivity (Wildman–Crippen MR) is 112 cm³/mol. The van der Waals surface area contributed by atoms with Gasteiger partial charge in [0.25, 0.3) is 0 Å². The van der Waals surface area contributed by atoms with E-state index in [0.717, 1.165) is 20.8 Å². The average molecular weight is 646 g/mol. The normalized spacial score (nSPS) is 15.7. The molecule has 0 heterocycles. The molecule has 20 heteroatoms. The van der Waals surface area contributed by atoms with Crippen molar-refractivity contribution in [1.82, 2.24) is 0 Å². The summed E-state index contributed by atoms with van der Waals surface area (Å²) in [5, 5.41) is 9.49. The van der Waals surface area contributed by atoms with Gasteiger partial charge in [0.1, 0.15) is 24.7 Å². The van der Waals surface area contributed by atoms with Crippen LogP contribution in [0.15, 0.2) is 24.3 Å². The molecule has 0 fully saturated rings. The lowest BCUT2D eigenvalue weighted by atomic mass is 9.91. The highest BCUT2D eigenvalue weighted by Crippen LogP contribution is 2.60. The van der Waals surface area contributed by atoms with E-state index in [0.29, 0.717) is 0 Å². The van der Waals surface area contributed by atoms with Gasteiger partial charge in [-0.1, -0.05) is 13.2 Å². The van der Waals surface area contributed by atoms with Crippen LogP contribution in [0.4, 0.5) is 57.1 Å². The van der Waals surface area contributed by atoms with Crippen molar-refractivity contribution in [3.8, 4) is 0 Å². The first-order valence-electron chi connectivity index (χ1n) is 10.9. The minimum Gasteiger partial charge on any atom is -0.461 e. The standard InChI is InChI=1S/C22H23F13O7/c1-10(2)13(37)40-7-12(42-15(39)16(5,8-36)9-41-14(38)11(3)4)6-17(23,24)18(25,26)19(27,28)20(29,30)21(31,32)22(33,34)35/h12,36H,1,3,6-9H2,2,4-5H3. The van der Waals surface area contributed by atoms with Crippen molar-refractivity contribution >= 4 is 17.9 Å². The topological polar surface area (TPSA) is 99.1 Å². The van der Waals surface area contributed by atoms with E-state index in [9.17, 15) is 76.6 Å². The lowest BCUT2D eigenvalue weighted by Crippen LogP contribution is -2.70. The van der Waals surface area contributed by atoms with Gasteiger partial charge in [0, 0.05) is 11.1 Å². The number of aliphatic hydroxyl groups is 1. The van der Waals surface area contributed by atoms with Crippen molar-refractivity contribution < 1.29 is 90.8 Å². The quantitative estimate of drug-likeness (QED) is 0.112. The predicted octanol–water partition coefficient (Wildman–Crippen LogP) is 5.26. The molecule has 1 N–H and O–H groups in total. The van der Waals surface area contributed by atoms with Gasteiger partial charge < -0.3 is 19.3 Å². The van der Waals surface area contributed by atoms with E-state index in [4.69, 9.17) is 0 Å². The molecule has 0 aliphatic heterocycles. The minimum atomic E-state index is -8.16. The first kappa shape index (κ1) is 38.9. The summed E-state index contributed by atoms with van der Waals surface area (Å²) in [6.07, 6.45) is -13.7. The van der Waals surface area contributed by atoms with Gasteiger partial charge in [0.05, 0.1) is 13.0 Å². The molecule has 42 heavy (non-hydrogen) atoms. The summed E-state index contributed by atoms with van der Waals surface area (Å²) in [6, 6.07) is 0. The number of alkyl halides is 13. The number of esters is 3. The van der Waals surface area contributed by atoms with Crippen LogP contribution >= 0.6 is 0 Å². The van der Waals surface area contributed by atoms with Crippen LogP contribution < -0.4 is 0 Å². The Bertz CT molecular complexity index is 1050. The number of hydrogen-bond donors (Lipinski definition) is 1. The maximum atomic E-state index is 14.4. The summed E-state index contributed by atoms with van der Waals surface area (Å²) in [5.41, 5.74) is -3.21. The van der Waals surface area contributed by atoms with Crippen LogP contribution in [0.3, 0.4) is 0 Å². The van der Waals surface area contributed by atoms with Gasteiger partial charge in [0.15, 0.2) is 0 Å². The van der Waals surface area contributed by atoms with Gasteiger partial charge in [-0.15, -0.1) is 0 Å². The molecule has 0 aliphatic rings. The molecule has 0 spiro atoms. The van der Waals surface area contributed by atoms with Crippen molar-refractivity contribution in [1.29, 1.82) is 0 Å². The Labute approximate surface area is 228 Å². The van der Waals surface area contributed by atoms with Crippen molar-refractivity contribution in [2.75, 3.05) is 19.8 Å². The van der Waals surface area contributed by atoms with Crippen LogP contribution in [0.5, 0.6) is 0 Å². The number of carbonyl (C=O) groups is 3. The van der Waals surface area contributed by atoms with Crippen molar-refractivity contribution in [3.63, 3.8) is 0 Å². The molecular weight excluding hydrogens is 623 g/mol. The molecule has 244 valence electrons. The number of hydrogen-bond acceptors (Lipinski definition) is 7. The Hall–Kier alpha value is -3.06. The zero-order valence-corrected chi connectivity index (χ0v) is 21.6. The lowest BCUT2D eigenvalue weighted by molar-refractivity contribution is -0.440. The van der Waals surface area contributed by atoms with Crippen molar-refractivity contribution in [2.45, 2.75) is 69.1 Å². The highest BCUT2D eigenvalue weighted by Gasteiger charge is 2.90. The molecule has 0 aromatic heterocycles. The van der Waals surface area contributed by atoms with Crippen molar-refractivity contribution in [2.24, 2.45) is 5.41 Å². The molecule has 0 aliphatic carbocycles. The number of rotatable bonds is 15. The largest absolute Gasteiger partial charge is 0.461 e. The van der Waals surface area contributed by atoms with Crippen LogP contribution in [0.1, 0.15) is 27.2 Å². The molecule has 0 saturated carbocycles. The molecule has 0 aromatic rings. The molecule has 0 amide bonds. The summed E-state index contributed by atoms with van der Waals surface area (Å²) < 4.78 is 188. The molecule has 7 nitrogen and oxygen atoms in total. The van der Waals surface area contributed by atoms with E-state index in [-0.39, 0.29) is 5.57 Å². The van der Waals surface area contributed by atoms with Crippen molar-refractivity contribution in [3.05, 3.63) is 24.3 Å². The molecule has 0 saturated heterocycles. The minimum absolute atomic E-state index is 0.260. The molecule has 0 bridgehead atoms. The summed E-state index contributed by atoms with van der Waals surface area (Å²) >= 11 is 0. The Balaban J connectivity index is 6.51. The van der Waals surface area contributed by atoms with Crippen LogP contribution in [-0.2, 0) is 28.6 Å². The summed E-state index contributed by atoms with van der Waals surface area (Å²) in [4.78, 5) is 35.6. The van der Waals surface area contributed by atoms with E-state index >= 15 is 0 Å². The second-order valence-electron chi connectivity index (χ2n) is 9.19. The number of halogens is 13. The van der Waals surface area contributed by atoms with Gasteiger partial charge in [-0.05, 0) is 20.8 Å². The van der Waals surface area contributed by atoms with Crippen LogP contribution in [0.25, 0.3) is 0 Å². The van der Waals surface area contributed by atoms with Gasteiger partial charge in [0.2, 0.25) is 0 Å². The third-order valence-corrected chi connectivity index (χ3v) is 5.22. The first-order valence-corrected chi connectivity index (χ1v) is 10.9. The number of ether oxygens (including phenoxy) is 3. The Morgan fingerprint density at radius 3 is 1.50 bits per heavy atom. The highest BCUT2D eigenvalue weighted by atomic mass is 19.4. The Morgan fingerprint density at radius 1 is 0.714 bits per heavy atom. The second-order valence-corrected chi connectivity index (χ2v) is 9.19. The molecule has 0 radical (unpaired) electrons. The summed E-state index contributed by atoms with van der Waals surface area (Å²) in [5.74, 6) is -43.2. The Morgan fingerprint density at radius 2 is 1.12 bits per heavy atom. The number of carbonyl (C=O) groups excluding carboxylic acids is 3. The SMILES string of the molecule is C=C(C)C(=O)OCC(CC(F)(F)C(F)(F)C(F)(F)C(F)(F)C(F)(F)C(F)(F)F)OC(=O)C(C)(CO)COC(=O)C(=C)C. The van der Waals surface area contributed by atoms with Crippen LogP contribution in [0, 0.1) is 5.41 Å². The zero-order chi connectivity index (χ0) is 33.9. The van der Waals surface area contributed by atoms with Crippen LogP contribution in [-0.4, -0.2) is 84.7 Å². The molecular formula is C22H23F13O7. The van der Waals surface area contributed by atoms with E-state index in [1.54, 1.807) is 0 Å². The molecule has 2 atom stereocenters. The molecule has 2 unspecified atom stereocenters. The van der Waals surface area contributed by atoms with E-state index in [1.807, 2.05) is 0 Å². The molecule has 0 rings (SSSR count). The summed E-state index contributed by atoms with van der Waals surface area (Å²) in [6.45, 7) is 4.75. The zero-order valence-electron chi connectivity index (χ0n) is 21.6. The second kappa shape index (κ2) is 12.7. The van der Waals surface area contributed by atoms with Gasteiger partial charge in [-0.3, -0.25) is 4.79 Å². The van der Waals surface area contributed by atoms with E-state index in [2.05, 4.69) is 27.4 Å². The van der Waals surface area contributed by atoms with Gasteiger partial charge >= 0.3 is 53.7 Å². The Kier molecular flexibility index (Phi) is 11.7. The molecule has 0 aromatic carbocycles. The fourth-order valence-electron chi connectivity index (χ4n) is 2.45. The maximum Gasteiger partial charge on any atom is 0.460 e. The smallest absolute Gasteiger partial charge is 0.460 e. The first-order chi connectivity index (χ1) is 18.5. The highest BCUT2D eigenvalue weighted by molar-refractivity contribution is 5.87. The lowest BCUT2D eigenvalue weighted by Gasteiger charge is -2.40. The van der Waals surface area contributed by atoms with Gasteiger partial charge in [-0.25, -0.2) is 9.59 Å². The van der Waals surface area contributed by atoms with Crippen LogP contribution in [0.2, 0.25) is 0 Å². The third-order valence-electron chi connectivity index (χ3n) is 5.22. The van der Waals surface area contributed by atoms with E-state index < -0.39 is 97.0 Å². The average Bonchev–Trinajstić information content (AvgIpc) is 2.83. The van der Waals surface area contributed by atoms with Gasteiger partial charge in [-0.2, -0.15) is 57.1 Å². The fourth-order valence-corrected chi connectivity index (χ4v) is 2.45. The van der Waals surface area contributed by atoms with E-state index in [1.165, 1.54) is 0 Å². The summed E-state index contributed by atoms with van der Waals surface area (Å²) in [7, 11) is 0. The fraction of sp³-hybridized carbons (Fsp3) is 0.682. The number of aliphatic hydroxyl groups excluding tert-OH is 1. The third kappa shape index (κ3) is 7.66. The maximum absolute atomic E-state index is 14.4.